The van der Waals surface area contributed by atoms with Gasteiger partial charge < -0.3 is 0 Å². The molecule has 0 nitrogen and oxygen atoms in total. The van der Waals surface area contributed by atoms with Gasteiger partial charge in [0.2, 0.25) is 0 Å². The van der Waals surface area contributed by atoms with E-state index in [1.807, 2.05) is 0 Å². The van der Waals surface area contributed by atoms with Crippen molar-refractivity contribution < 1.29 is 0 Å². The Morgan fingerprint density at radius 2 is 1.54 bits per heavy atom. The van der Waals surface area contributed by atoms with Gasteiger partial charge in [0.1, 0.15) is 0 Å². The Balaban J connectivity index is 2.10. The van der Waals surface area contributed by atoms with Crippen molar-refractivity contribution in [2.24, 2.45) is 0 Å². The third-order valence-electron chi connectivity index (χ3n) is 2.97. The van der Waals surface area contributed by atoms with Crippen LogP contribution in [0.3, 0.4) is 0 Å². The van der Waals surface area contributed by atoms with Crippen LogP contribution in [-0.4, -0.2) is 0 Å². The van der Waals surface area contributed by atoms with Gasteiger partial charge in [-0.1, -0.05) is 31.4 Å². The summed E-state index contributed by atoms with van der Waals surface area (Å²) in [5.74, 6) is 0.822. The molecule has 1 aromatic carbocycles. The first-order chi connectivity index (χ1) is 6.36. The molecule has 0 N–H and O–H groups in total. The van der Waals surface area contributed by atoms with Crippen LogP contribution in [0.1, 0.15) is 43.6 Å². The minimum Gasteiger partial charge on any atom is -0.143 e. The molecular weight excluding hydrogens is 176 g/mol. The van der Waals surface area contributed by atoms with Crippen LogP contribution in [0.4, 0.5) is 0 Å². The van der Waals surface area contributed by atoms with E-state index in [2.05, 4.69) is 36.9 Å². The number of hydrogen-bond acceptors (Lipinski definition) is 1. The van der Waals surface area contributed by atoms with E-state index in [4.69, 9.17) is 0 Å². The van der Waals surface area contributed by atoms with Gasteiger partial charge in [-0.25, -0.2) is 0 Å². The summed E-state index contributed by atoms with van der Waals surface area (Å²) in [6.45, 7) is 0. The second kappa shape index (κ2) is 4.19. The number of rotatable bonds is 1. The average molecular weight is 192 g/mol. The first-order valence-electron chi connectivity index (χ1n) is 5.15. The van der Waals surface area contributed by atoms with Crippen LogP contribution >= 0.6 is 12.6 Å². The molecule has 0 saturated heterocycles. The Bertz CT molecular complexity index is 257. The molecule has 1 saturated carbocycles. The maximum Gasteiger partial charge on any atom is 0.00401 e. The maximum atomic E-state index is 4.30. The van der Waals surface area contributed by atoms with Gasteiger partial charge in [-0.15, -0.1) is 12.6 Å². The zero-order chi connectivity index (χ0) is 9.10. The van der Waals surface area contributed by atoms with E-state index in [1.165, 1.54) is 37.7 Å². The Morgan fingerprint density at radius 3 is 2.15 bits per heavy atom. The molecule has 0 heterocycles. The highest BCUT2D eigenvalue weighted by Gasteiger charge is 2.14. The van der Waals surface area contributed by atoms with E-state index in [1.54, 1.807) is 0 Å². The maximum absolute atomic E-state index is 4.30. The molecule has 1 aromatic rings. The zero-order valence-corrected chi connectivity index (χ0v) is 8.76. The first-order valence-corrected chi connectivity index (χ1v) is 5.60. The molecule has 70 valence electrons. The molecule has 1 aliphatic rings. The van der Waals surface area contributed by atoms with Crippen LogP contribution in [0, 0.1) is 0 Å². The van der Waals surface area contributed by atoms with Gasteiger partial charge in [0.15, 0.2) is 0 Å². The van der Waals surface area contributed by atoms with Crippen molar-refractivity contribution >= 4 is 12.6 Å². The minimum absolute atomic E-state index is 0.822. The number of hydrogen-bond donors (Lipinski definition) is 1. The lowest BCUT2D eigenvalue weighted by atomic mass is 9.84. The Labute approximate surface area is 85.8 Å². The summed E-state index contributed by atoms with van der Waals surface area (Å²) < 4.78 is 0. The lowest BCUT2D eigenvalue weighted by Crippen LogP contribution is -2.03. The van der Waals surface area contributed by atoms with Crippen LogP contribution in [0.5, 0.6) is 0 Å². The highest BCUT2D eigenvalue weighted by Crippen LogP contribution is 2.32. The lowest BCUT2D eigenvalue weighted by molar-refractivity contribution is 0.443. The summed E-state index contributed by atoms with van der Waals surface area (Å²) in [5.41, 5.74) is 1.51. The smallest absolute Gasteiger partial charge is 0.00401 e. The summed E-state index contributed by atoms with van der Waals surface area (Å²) >= 11 is 4.30. The largest absolute Gasteiger partial charge is 0.143 e. The van der Waals surface area contributed by atoms with Crippen LogP contribution < -0.4 is 0 Å². The Kier molecular flexibility index (Phi) is 2.94. The molecule has 13 heavy (non-hydrogen) atoms. The highest BCUT2D eigenvalue weighted by atomic mass is 32.1. The molecule has 0 atom stereocenters. The standard InChI is InChI=1S/C12H16S/c13-12-8-6-11(7-9-12)10-4-2-1-3-5-10/h6-10,13H,1-5H2. The topological polar surface area (TPSA) is 0 Å². The van der Waals surface area contributed by atoms with Crippen molar-refractivity contribution in [2.45, 2.75) is 42.9 Å². The number of benzene rings is 1. The molecule has 1 heteroatoms. The van der Waals surface area contributed by atoms with E-state index >= 15 is 0 Å². The summed E-state index contributed by atoms with van der Waals surface area (Å²) in [4.78, 5) is 1.07. The minimum atomic E-state index is 0.822. The van der Waals surface area contributed by atoms with E-state index in [9.17, 15) is 0 Å². The van der Waals surface area contributed by atoms with E-state index in [-0.39, 0.29) is 0 Å². The third-order valence-corrected chi connectivity index (χ3v) is 3.27. The molecule has 0 amide bonds. The van der Waals surface area contributed by atoms with Crippen LogP contribution in [0.2, 0.25) is 0 Å². The predicted molar refractivity (Wildman–Crippen MR) is 59.5 cm³/mol. The summed E-state index contributed by atoms with van der Waals surface area (Å²) in [5, 5.41) is 0. The van der Waals surface area contributed by atoms with Crippen molar-refractivity contribution in [2.75, 3.05) is 0 Å². The van der Waals surface area contributed by atoms with Gasteiger partial charge in [0.25, 0.3) is 0 Å². The van der Waals surface area contributed by atoms with E-state index in [0.29, 0.717) is 0 Å². The molecule has 0 bridgehead atoms. The van der Waals surface area contributed by atoms with Crippen molar-refractivity contribution in [3.63, 3.8) is 0 Å². The van der Waals surface area contributed by atoms with Gasteiger partial charge >= 0.3 is 0 Å². The fourth-order valence-electron chi connectivity index (χ4n) is 2.18. The van der Waals surface area contributed by atoms with Crippen molar-refractivity contribution in [1.29, 1.82) is 0 Å². The molecule has 0 aliphatic heterocycles. The van der Waals surface area contributed by atoms with E-state index in [0.717, 1.165) is 10.8 Å². The second-order valence-corrected chi connectivity index (χ2v) is 4.44. The Hall–Kier alpha value is -0.430. The molecule has 2 rings (SSSR count). The predicted octanol–water partition coefficient (Wildman–Crippen LogP) is 4.02. The van der Waals surface area contributed by atoms with Crippen molar-refractivity contribution in [1.82, 2.24) is 0 Å². The SMILES string of the molecule is Sc1ccc(C2CCCCC2)cc1. The van der Waals surface area contributed by atoms with Gasteiger partial charge in [0.05, 0.1) is 0 Å². The van der Waals surface area contributed by atoms with Gasteiger partial charge in [-0.2, -0.15) is 0 Å². The monoisotopic (exact) mass is 192 g/mol. The summed E-state index contributed by atoms with van der Waals surface area (Å²) in [7, 11) is 0. The lowest BCUT2D eigenvalue weighted by Gasteiger charge is -2.21. The summed E-state index contributed by atoms with van der Waals surface area (Å²) in [6.07, 6.45) is 7.01. The molecular formula is C12H16S. The summed E-state index contributed by atoms with van der Waals surface area (Å²) in [6, 6.07) is 8.68. The van der Waals surface area contributed by atoms with Gasteiger partial charge in [0, 0.05) is 4.90 Å². The quantitative estimate of drug-likeness (QED) is 0.638. The normalized spacial score (nSPS) is 18.8. The van der Waals surface area contributed by atoms with E-state index < -0.39 is 0 Å². The zero-order valence-electron chi connectivity index (χ0n) is 7.87. The molecule has 0 unspecified atom stereocenters. The van der Waals surface area contributed by atoms with Gasteiger partial charge in [-0.05, 0) is 36.5 Å². The second-order valence-electron chi connectivity index (χ2n) is 3.93. The van der Waals surface area contributed by atoms with Crippen molar-refractivity contribution in [3.8, 4) is 0 Å². The Morgan fingerprint density at radius 1 is 0.923 bits per heavy atom. The molecule has 0 radical (unpaired) electrons. The fourth-order valence-corrected chi connectivity index (χ4v) is 2.33. The average Bonchev–Trinajstić information content (AvgIpc) is 2.20. The van der Waals surface area contributed by atoms with Gasteiger partial charge in [-0.3, -0.25) is 0 Å². The first kappa shape index (κ1) is 9.14. The van der Waals surface area contributed by atoms with Crippen LogP contribution in [-0.2, 0) is 0 Å². The molecule has 0 aromatic heterocycles. The van der Waals surface area contributed by atoms with Crippen LogP contribution in [0.15, 0.2) is 29.2 Å². The van der Waals surface area contributed by atoms with Crippen LogP contribution in [0.25, 0.3) is 0 Å². The molecule has 0 spiro atoms. The fraction of sp³-hybridized carbons (Fsp3) is 0.500. The highest BCUT2D eigenvalue weighted by molar-refractivity contribution is 7.80. The molecule has 1 fully saturated rings. The number of thiol groups is 1. The molecule has 1 aliphatic carbocycles. The van der Waals surface area contributed by atoms with Crippen molar-refractivity contribution in [3.05, 3.63) is 29.8 Å². The third kappa shape index (κ3) is 2.28.